The smallest absolute Gasteiger partial charge is 0.163 e. The molecule has 4 nitrogen and oxygen atoms in total. The number of hydrogen-bond donors (Lipinski definition) is 1. The van der Waals surface area contributed by atoms with Gasteiger partial charge in [0.1, 0.15) is 0 Å². The van der Waals surface area contributed by atoms with Crippen LogP contribution in [-0.4, -0.2) is 43.8 Å². The highest BCUT2D eigenvalue weighted by Crippen LogP contribution is 2.34. The molecule has 1 N–H and O–H groups in total. The summed E-state index contributed by atoms with van der Waals surface area (Å²) in [6, 6.07) is 3.84. The first-order chi connectivity index (χ1) is 11.0. The van der Waals surface area contributed by atoms with Gasteiger partial charge in [-0.3, -0.25) is 0 Å². The predicted octanol–water partition coefficient (Wildman–Crippen LogP) is 3.96. The van der Waals surface area contributed by atoms with Crippen LogP contribution in [0.25, 0.3) is 0 Å². The summed E-state index contributed by atoms with van der Waals surface area (Å²) in [5, 5.41) is 4.16. The van der Waals surface area contributed by atoms with Gasteiger partial charge in [0, 0.05) is 30.7 Å². The van der Waals surface area contributed by atoms with Crippen molar-refractivity contribution >= 4 is 11.6 Å². The summed E-state index contributed by atoms with van der Waals surface area (Å²) in [4.78, 5) is 2.39. The Morgan fingerprint density at radius 1 is 1.13 bits per heavy atom. The average molecular weight is 343 g/mol. The molecule has 23 heavy (non-hydrogen) atoms. The first-order valence-corrected chi connectivity index (χ1v) is 8.94. The van der Waals surface area contributed by atoms with Crippen LogP contribution in [0, 0.1) is 0 Å². The van der Waals surface area contributed by atoms with E-state index in [9.17, 15) is 0 Å². The van der Waals surface area contributed by atoms with Crippen molar-refractivity contribution in [2.75, 3.05) is 32.8 Å². The first kappa shape index (κ1) is 20.1. The van der Waals surface area contributed by atoms with Crippen molar-refractivity contribution in [3.05, 3.63) is 22.7 Å². The van der Waals surface area contributed by atoms with Crippen molar-refractivity contribution in [1.29, 1.82) is 0 Å². The van der Waals surface area contributed by atoms with E-state index in [1.54, 1.807) is 0 Å². The van der Waals surface area contributed by atoms with E-state index < -0.39 is 0 Å². The zero-order valence-corrected chi connectivity index (χ0v) is 15.9. The lowest BCUT2D eigenvalue weighted by Gasteiger charge is -2.19. The fraction of sp³-hybridized carbons (Fsp3) is 0.667. The highest BCUT2D eigenvalue weighted by Gasteiger charge is 2.12. The van der Waals surface area contributed by atoms with Crippen molar-refractivity contribution in [3.8, 4) is 11.5 Å². The van der Waals surface area contributed by atoms with E-state index in [0.29, 0.717) is 17.4 Å². The molecule has 0 unspecified atom stereocenters. The van der Waals surface area contributed by atoms with Gasteiger partial charge in [-0.15, -0.1) is 0 Å². The van der Waals surface area contributed by atoms with Gasteiger partial charge in [0.25, 0.3) is 0 Å². The minimum Gasteiger partial charge on any atom is -0.490 e. The van der Waals surface area contributed by atoms with Gasteiger partial charge in [-0.25, -0.2) is 0 Å². The lowest BCUT2D eigenvalue weighted by Crippen LogP contribution is -2.31. The summed E-state index contributed by atoms with van der Waals surface area (Å²) in [6.45, 7) is 15.8. The molecule has 0 aromatic heterocycles. The molecule has 5 heteroatoms. The maximum absolute atomic E-state index is 6.40. The van der Waals surface area contributed by atoms with E-state index in [1.165, 1.54) is 0 Å². The summed E-state index contributed by atoms with van der Waals surface area (Å²) in [7, 11) is 0. The molecule has 1 aromatic rings. The maximum atomic E-state index is 6.40. The summed E-state index contributed by atoms with van der Waals surface area (Å²) in [5.41, 5.74) is 1.03. The van der Waals surface area contributed by atoms with Crippen LogP contribution >= 0.6 is 11.6 Å². The number of benzene rings is 1. The van der Waals surface area contributed by atoms with Crippen LogP contribution in [0.4, 0.5) is 0 Å². The van der Waals surface area contributed by atoms with Gasteiger partial charge < -0.3 is 19.7 Å². The van der Waals surface area contributed by atoms with E-state index in [1.807, 2.05) is 32.9 Å². The van der Waals surface area contributed by atoms with Gasteiger partial charge in [0.05, 0.1) is 12.7 Å². The molecule has 0 radical (unpaired) electrons. The third kappa shape index (κ3) is 6.98. The van der Waals surface area contributed by atoms with Crippen LogP contribution in [0.3, 0.4) is 0 Å². The molecule has 1 aromatic carbocycles. The fourth-order valence-corrected chi connectivity index (χ4v) is 2.55. The first-order valence-electron chi connectivity index (χ1n) is 8.56. The molecule has 0 heterocycles. The van der Waals surface area contributed by atoms with Crippen LogP contribution in [0.5, 0.6) is 11.5 Å². The summed E-state index contributed by atoms with van der Waals surface area (Å²) in [6.07, 6.45) is 0.0864. The number of halogens is 1. The minimum atomic E-state index is 0.0864. The SMILES string of the molecule is CCOc1cc(CNCCN(CC)CC)c(Cl)cc1OC(C)C. The fourth-order valence-electron chi connectivity index (χ4n) is 2.33. The summed E-state index contributed by atoms with van der Waals surface area (Å²) < 4.78 is 11.5. The monoisotopic (exact) mass is 342 g/mol. The molecule has 0 saturated heterocycles. The standard InChI is InChI=1S/C18H31ClN2O2/c1-6-21(7-2)10-9-20-13-15-11-17(22-8-3)18(12-16(15)19)23-14(4)5/h11-12,14,20H,6-10,13H2,1-5H3. The van der Waals surface area contributed by atoms with Crippen molar-refractivity contribution in [2.24, 2.45) is 0 Å². The summed E-state index contributed by atoms with van der Waals surface area (Å²) >= 11 is 6.40. The van der Waals surface area contributed by atoms with Gasteiger partial charge in [0.15, 0.2) is 11.5 Å². The molecule has 0 saturated carbocycles. The highest BCUT2D eigenvalue weighted by atomic mass is 35.5. The second kappa shape index (κ2) is 10.7. The quantitative estimate of drug-likeness (QED) is 0.617. The number of likely N-dealkylation sites (N-methyl/N-ethyl adjacent to an activating group) is 1. The molecule has 0 aliphatic heterocycles. The zero-order valence-electron chi connectivity index (χ0n) is 15.1. The highest BCUT2D eigenvalue weighted by molar-refractivity contribution is 6.31. The Hall–Kier alpha value is -0.970. The largest absolute Gasteiger partial charge is 0.490 e. The molecule has 0 aliphatic rings. The lowest BCUT2D eigenvalue weighted by atomic mass is 10.2. The van der Waals surface area contributed by atoms with Crippen LogP contribution < -0.4 is 14.8 Å². The van der Waals surface area contributed by atoms with Crippen LogP contribution in [0.2, 0.25) is 5.02 Å². The van der Waals surface area contributed by atoms with Gasteiger partial charge in [0.2, 0.25) is 0 Å². The molecule has 0 bridgehead atoms. The Balaban J connectivity index is 2.69. The molecule has 0 amide bonds. The van der Waals surface area contributed by atoms with E-state index in [0.717, 1.165) is 44.0 Å². The van der Waals surface area contributed by atoms with Gasteiger partial charge in [-0.1, -0.05) is 25.4 Å². The molecular formula is C18H31ClN2O2. The number of hydrogen-bond acceptors (Lipinski definition) is 4. The average Bonchev–Trinajstić information content (AvgIpc) is 2.51. The Morgan fingerprint density at radius 3 is 2.39 bits per heavy atom. The molecule has 0 spiro atoms. The molecular weight excluding hydrogens is 312 g/mol. The molecule has 0 aliphatic carbocycles. The Kier molecular flexibility index (Phi) is 9.37. The van der Waals surface area contributed by atoms with Crippen molar-refractivity contribution in [3.63, 3.8) is 0 Å². The van der Waals surface area contributed by atoms with Crippen molar-refractivity contribution in [1.82, 2.24) is 10.2 Å². The van der Waals surface area contributed by atoms with E-state index >= 15 is 0 Å². The Morgan fingerprint density at radius 2 is 1.83 bits per heavy atom. The van der Waals surface area contributed by atoms with Gasteiger partial charge in [-0.2, -0.15) is 0 Å². The maximum Gasteiger partial charge on any atom is 0.163 e. The van der Waals surface area contributed by atoms with E-state index in [2.05, 4.69) is 24.1 Å². The normalized spacial score (nSPS) is 11.3. The zero-order chi connectivity index (χ0) is 17.2. The van der Waals surface area contributed by atoms with E-state index in [4.69, 9.17) is 21.1 Å². The number of ether oxygens (including phenoxy) is 2. The lowest BCUT2D eigenvalue weighted by molar-refractivity contribution is 0.223. The number of nitrogens with zero attached hydrogens (tertiary/aromatic N) is 1. The van der Waals surface area contributed by atoms with Crippen LogP contribution in [0.15, 0.2) is 12.1 Å². The van der Waals surface area contributed by atoms with Crippen LogP contribution in [0.1, 0.15) is 40.2 Å². The molecule has 0 atom stereocenters. The Labute approximate surface area is 146 Å². The third-order valence-corrected chi connectivity index (χ3v) is 3.94. The van der Waals surface area contributed by atoms with Crippen LogP contribution in [-0.2, 0) is 6.54 Å². The number of rotatable bonds is 11. The van der Waals surface area contributed by atoms with Crippen molar-refractivity contribution in [2.45, 2.75) is 47.3 Å². The minimum absolute atomic E-state index is 0.0864. The second-order valence-electron chi connectivity index (χ2n) is 5.69. The second-order valence-corrected chi connectivity index (χ2v) is 6.10. The van der Waals surface area contributed by atoms with Gasteiger partial charge in [-0.05, 0) is 45.5 Å². The Bertz CT molecular complexity index is 463. The summed E-state index contributed by atoms with van der Waals surface area (Å²) in [5.74, 6) is 1.46. The topological polar surface area (TPSA) is 33.7 Å². The molecule has 0 fully saturated rings. The predicted molar refractivity (Wildman–Crippen MR) is 97.9 cm³/mol. The molecule has 1 rings (SSSR count). The van der Waals surface area contributed by atoms with Gasteiger partial charge >= 0.3 is 0 Å². The van der Waals surface area contributed by atoms with E-state index in [-0.39, 0.29) is 6.10 Å². The molecule has 132 valence electrons. The van der Waals surface area contributed by atoms with Crippen molar-refractivity contribution < 1.29 is 9.47 Å². The number of nitrogens with one attached hydrogen (secondary N) is 1. The third-order valence-electron chi connectivity index (χ3n) is 3.59.